The van der Waals surface area contributed by atoms with Crippen molar-refractivity contribution >= 4 is 11.8 Å². The second-order valence-electron chi connectivity index (χ2n) is 3.95. The maximum absolute atomic E-state index is 12.4. The average Bonchev–Trinajstić information content (AvgIpc) is 2.27. The second kappa shape index (κ2) is 5.20. The Kier molecular flexibility index (Phi) is 4.11. The predicted molar refractivity (Wildman–Crippen MR) is 57.2 cm³/mol. The Morgan fingerprint density at radius 2 is 1.94 bits per heavy atom. The highest BCUT2D eigenvalue weighted by molar-refractivity contribution is 5.98. The standard InChI is InChI=1S/C12H11F3O3/c1-7(11(17)18)5-10(16)8-3-2-4-9(6-8)12(13,14)15/h2-4,6-7H,5H2,1H3,(H,17,18). The van der Waals surface area contributed by atoms with E-state index < -0.39 is 29.4 Å². The first-order chi connectivity index (χ1) is 8.21. The molecule has 0 spiro atoms. The molecule has 18 heavy (non-hydrogen) atoms. The van der Waals surface area contributed by atoms with Gasteiger partial charge in [0.2, 0.25) is 0 Å². The van der Waals surface area contributed by atoms with Crippen molar-refractivity contribution in [3.63, 3.8) is 0 Å². The van der Waals surface area contributed by atoms with Crippen LogP contribution < -0.4 is 0 Å². The molecule has 0 heterocycles. The molecule has 0 aliphatic heterocycles. The maximum atomic E-state index is 12.4. The summed E-state index contributed by atoms with van der Waals surface area (Å²) < 4.78 is 37.2. The van der Waals surface area contributed by atoms with Crippen molar-refractivity contribution in [2.45, 2.75) is 19.5 Å². The van der Waals surface area contributed by atoms with Crippen molar-refractivity contribution in [2.24, 2.45) is 5.92 Å². The molecule has 1 unspecified atom stereocenters. The minimum Gasteiger partial charge on any atom is -0.481 e. The van der Waals surface area contributed by atoms with Crippen LogP contribution in [-0.2, 0) is 11.0 Å². The molecule has 0 saturated carbocycles. The summed E-state index contributed by atoms with van der Waals surface area (Å²) in [7, 11) is 0. The quantitative estimate of drug-likeness (QED) is 0.846. The van der Waals surface area contributed by atoms with Crippen LogP contribution in [0.5, 0.6) is 0 Å². The van der Waals surface area contributed by atoms with Gasteiger partial charge in [0.1, 0.15) is 0 Å². The molecule has 6 heteroatoms. The molecular formula is C12H11F3O3. The summed E-state index contributed by atoms with van der Waals surface area (Å²) in [6.45, 7) is 1.33. The Balaban J connectivity index is 2.91. The number of ketones is 1. The van der Waals surface area contributed by atoms with Crippen LogP contribution >= 0.6 is 0 Å². The summed E-state index contributed by atoms with van der Waals surface area (Å²) >= 11 is 0. The van der Waals surface area contributed by atoms with Crippen LogP contribution in [0.15, 0.2) is 24.3 Å². The normalized spacial score (nSPS) is 13.1. The summed E-state index contributed by atoms with van der Waals surface area (Å²) in [6.07, 6.45) is -4.84. The lowest BCUT2D eigenvalue weighted by molar-refractivity contribution is -0.141. The summed E-state index contributed by atoms with van der Waals surface area (Å²) in [4.78, 5) is 22.2. The van der Waals surface area contributed by atoms with Gasteiger partial charge in [0.25, 0.3) is 0 Å². The molecule has 1 aromatic carbocycles. The van der Waals surface area contributed by atoms with E-state index in [4.69, 9.17) is 5.11 Å². The minimum atomic E-state index is -4.52. The highest BCUT2D eigenvalue weighted by Gasteiger charge is 2.31. The van der Waals surface area contributed by atoms with Crippen LogP contribution in [0.25, 0.3) is 0 Å². The fourth-order valence-electron chi connectivity index (χ4n) is 1.35. The minimum absolute atomic E-state index is 0.127. The van der Waals surface area contributed by atoms with Gasteiger partial charge in [0, 0.05) is 12.0 Å². The highest BCUT2D eigenvalue weighted by atomic mass is 19.4. The Bertz CT molecular complexity index is 466. The Morgan fingerprint density at radius 1 is 1.33 bits per heavy atom. The van der Waals surface area contributed by atoms with E-state index in [0.29, 0.717) is 0 Å². The average molecular weight is 260 g/mol. The molecule has 1 N–H and O–H groups in total. The molecule has 1 rings (SSSR count). The lowest BCUT2D eigenvalue weighted by Gasteiger charge is -2.09. The van der Waals surface area contributed by atoms with Crippen LogP contribution in [0.1, 0.15) is 29.3 Å². The number of hydrogen-bond donors (Lipinski definition) is 1. The number of aliphatic carboxylic acids is 1. The molecule has 0 bridgehead atoms. The van der Waals surface area contributed by atoms with Gasteiger partial charge in [-0.3, -0.25) is 9.59 Å². The van der Waals surface area contributed by atoms with E-state index in [-0.39, 0.29) is 12.0 Å². The van der Waals surface area contributed by atoms with Gasteiger partial charge in [-0.25, -0.2) is 0 Å². The smallest absolute Gasteiger partial charge is 0.416 e. The molecule has 98 valence electrons. The molecular weight excluding hydrogens is 249 g/mol. The number of carbonyl (C=O) groups excluding carboxylic acids is 1. The maximum Gasteiger partial charge on any atom is 0.416 e. The molecule has 0 amide bonds. The van der Waals surface area contributed by atoms with Crippen LogP contribution in [0.4, 0.5) is 13.2 Å². The van der Waals surface area contributed by atoms with Crippen molar-refractivity contribution in [3.8, 4) is 0 Å². The molecule has 0 aromatic heterocycles. The first-order valence-electron chi connectivity index (χ1n) is 5.15. The molecule has 0 aliphatic rings. The fourth-order valence-corrected chi connectivity index (χ4v) is 1.35. The molecule has 0 saturated heterocycles. The topological polar surface area (TPSA) is 54.4 Å². The second-order valence-corrected chi connectivity index (χ2v) is 3.95. The first-order valence-corrected chi connectivity index (χ1v) is 5.15. The Morgan fingerprint density at radius 3 is 2.44 bits per heavy atom. The molecule has 3 nitrogen and oxygen atoms in total. The van der Waals surface area contributed by atoms with E-state index >= 15 is 0 Å². The number of Topliss-reactive ketones (excluding diaryl/α,β-unsaturated/α-hetero) is 1. The molecule has 1 atom stereocenters. The monoisotopic (exact) mass is 260 g/mol. The van der Waals surface area contributed by atoms with E-state index in [1.165, 1.54) is 13.0 Å². The summed E-state index contributed by atoms with van der Waals surface area (Å²) in [5, 5.41) is 8.63. The van der Waals surface area contributed by atoms with Crippen LogP contribution in [-0.4, -0.2) is 16.9 Å². The van der Waals surface area contributed by atoms with Crippen molar-refractivity contribution in [1.82, 2.24) is 0 Å². The number of benzene rings is 1. The van der Waals surface area contributed by atoms with Crippen LogP contribution in [0, 0.1) is 5.92 Å². The van der Waals surface area contributed by atoms with E-state index in [2.05, 4.69) is 0 Å². The van der Waals surface area contributed by atoms with Gasteiger partial charge in [-0.05, 0) is 12.1 Å². The SMILES string of the molecule is CC(CC(=O)c1cccc(C(F)(F)F)c1)C(=O)O. The number of alkyl halides is 3. The number of halogens is 3. The number of carboxylic acid groups (broad SMARTS) is 1. The largest absolute Gasteiger partial charge is 0.481 e. The summed E-state index contributed by atoms with van der Waals surface area (Å²) in [5.74, 6) is -2.70. The third-order valence-electron chi connectivity index (χ3n) is 2.43. The van der Waals surface area contributed by atoms with Gasteiger partial charge >= 0.3 is 12.1 Å². The van der Waals surface area contributed by atoms with Gasteiger partial charge in [-0.15, -0.1) is 0 Å². The van der Waals surface area contributed by atoms with Crippen molar-refractivity contribution in [3.05, 3.63) is 35.4 Å². The van der Waals surface area contributed by atoms with Gasteiger partial charge in [-0.2, -0.15) is 13.2 Å². The van der Waals surface area contributed by atoms with Crippen LogP contribution in [0.3, 0.4) is 0 Å². The molecule has 1 aromatic rings. The highest BCUT2D eigenvalue weighted by Crippen LogP contribution is 2.29. The predicted octanol–water partition coefficient (Wildman–Crippen LogP) is 3.00. The van der Waals surface area contributed by atoms with Gasteiger partial charge in [-0.1, -0.05) is 19.1 Å². The third-order valence-corrected chi connectivity index (χ3v) is 2.43. The number of carboxylic acids is 1. The number of rotatable bonds is 4. The molecule has 0 aliphatic carbocycles. The lowest BCUT2D eigenvalue weighted by atomic mass is 9.98. The molecule has 0 fully saturated rings. The van der Waals surface area contributed by atoms with E-state index in [1.807, 2.05) is 0 Å². The van der Waals surface area contributed by atoms with Crippen molar-refractivity contribution < 1.29 is 27.9 Å². The van der Waals surface area contributed by atoms with Crippen molar-refractivity contribution in [2.75, 3.05) is 0 Å². The summed E-state index contributed by atoms with van der Waals surface area (Å²) in [6, 6.07) is 3.96. The van der Waals surface area contributed by atoms with E-state index in [0.717, 1.165) is 18.2 Å². The number of hydrogen-bond acceptors (Lipinski definition) is 2. The van der Waals surface area contributed by atoms with Gasteiger partial charge < -0.3 is 5.11 Å². The zero-order valence-corrected chi connectivity index (χ0v) is 9.49. The third kappa shape index (κ3) is 3.58. The zero-order valence-electron chi connectivity index (χ0n) is 9.49. The Labute approximate surface area is 101 Å². The van der Waals surface area contributed by atoms with Crippen LogP contribution in [0.2, 0.25) is 0 Å². The lowest BCUT2D eigenvalue weighted by Crippen LogP contribution is -2.15. The molecule has 0 radical (unpaired) electrons. The number of carbonyl (C=O) groups is 2. The fraction of sp³-hybridized carbons (Fsp3) is 0.333. The Hall–Kier alpha value is -1.85. The van der Waals surface area contributed by atoms with E-state index in [9.17, 15) is 22.8 Å². The van der Waals surface area contributed by atoms with Gasteiger partial charge in [0.15, 0.2) is 5.78 Å². The van der Waals surface area contributed by atoms with Gasteiger partial charge in [0.05, 0.1) is 11.5 Å². The van der Waals surface area contributed by atoms with Crippen molar-refractivity contribution in [1.29, 1.82) is 0 Å². The summed E-state index contributed by atoms with van der Waals surface area (Å²) in [5.41, 5.74) is -1.05. The zero-order chi connectivity index (χ0) is 13.9. The van der Waals surface area contributed by atoms with E-state index in [1.54, 1.807) is 0 Å². The first kappa shape index (κ1) is 14.2.